The zero-order valence-electron chi connectivity index (χ0n) is 10.5. The maximum absolute atomic E-state index is 12.0. The highest BCUT2D eigenvalue weighted by Gasteiger charge is 2.19. The Morgan fingerprint density at radius 3 is 2.94 bits per heavy atom. The Morgan fingerprint density at radius 2 is 2.17 bits per heavy atom. The smallest absolute Gasteiger partial charge is 0.307 e. The molecule has 0 unspecified atom stereocenters. The van der Waals surface area contributed by atoms with Crippen LogP contribution in [0.15, 0.2) is 5.38 Å². The molecule has 0 aliphatic heterocycles. The Balaban J connectivity index is 1.93. The third kappa shape index (κ3) is 2.90. The molecule has 4 nitrogen and oxygen atoms in total. The van der Waals surface area contributed by atoms with Crippen molar-refractivity contribution in [2.45, 2.75) is 32.1 Å². The van der Waals surface area contributed by atoms with Gasteiger partial charge in [0.05, 0.1) is 19.1 Å². The summed E-state index contributed by atoms with van der Waals surface area (Å²) in [5.41, 5.74) is 2.00. The average Bonchev–Trinajstić information content (AvgIpc) is 2.82. The summed E-state index contributed by atoms with van der Waals surface area (Å²) in [6.07, 6.45) is 4.69. The van der Waals surface area contributed by atoms with E-state index < -0.39 is 0 Å². The normalized spacial score (nSPS) is 13.8. The van der Waals surface area contributed by atoms with Crippen molar-refractivity contribution in [3.05, 3.63) is 21.4 Å². The van der Waals surface area contributed by atoms with Crippen molar-refractivity contribution >= 4 is 23.2 Å². The SMILES string of the molecule is COC(=O)CCNC(=O)c1csc2c1CCCC2. The van der Waals surface area contributed by atoms with E-state index in [0.717, 1.165) is 24.8 Å². The zero-order valence-corrected chi connectivity index (χ0v) is 11.3. The minimum Gasteiger partial charge on any atom is -0.469 e. The van der Waals surface area contributed by atoms with Gasteiger partial charge in [0.2, 0.25) is 0 Å². The van der Waals surface area contributed by atoms with Gasteiger partial charge in [0.1, 0.15) is 0 Å². The van der Waals surface area contributed by atoms with E-state index >= 15 is 0 Å². The van der Waals surface area contributed by atoms with Crippen LogP contribution in [0.2, 0.25) is 0 Å². The van der Waals surface area contributed by atoms with Crippen LogP contribution in [0.5, 0.6) is 0 Å². The second kappa shape index (κ2) is 6.00. The number of thiophene rings is 1. The lowest BCUT2D eigenvalue weighted by Crippen LogP contribution is -2.27. The van der Waals surface area contributed by atoms with Crippen LogP contribution in [0.1, 0.15) is 40.1 Å². The second-order valence-corrected chi connectivity index (χ2v) is 5.30. The van der Waals surface area contributed by atoms with Crippen molar-refractivity contribution in [2.24, 2.45) is 0 Å². The molecule has 1 aromatic rings. The third-order valence-corrected chi connectivity index (χ3v) is 4.24. The average molecular weight is 267 g/mol. The Kier molecular flexibility index (Phi) is 4.36. The van der Waals surface area contributed by atoms with E-state index in [2.05, 4.69) is 10.1 Å². The molecule has 1 N–H and O–H groups in total. The largest absolute Gasteiger partial charge is 0.469 e. The van der Waals surface area contributed by atoms with Crippen molar-refractivity contribution in [2.75, 3.05) is 13.7 Å². The molecule has 0 radical (unpaired) electrons. The van der Waals surface area contributed by atoms with Gasteiger partial charge in [0.25, 0.3) is 5.91 Å². The Labute approximate surface area is 110 Å². The van der Waals surface area contributed by atoms with E-state index in [-0.39, 0.29) is 18.3 Å². The molecule has 0 bridgehead atoms. The number of rotatable bonds is 4. The Hall–Kier alpha value is -1.36. The minimum absolute atomic E-state index is 0.0710. The highest BCUT2D eigenvalue weighted by molar-refractivity contribution is 7.10. The summed E-state index contributed by atoms with van der Waals surface area (Å²) in [5.74, 6) is -0.374. The lowest BCUT2D eigenvalue weighted by Gasteiger charge is -2.12. The van der Waals surface area contributed by atoms with Gasteiger partial charge in [-0.15, -0.1) is 11.3 Å². The zero-order chi connectivity index (χ0) is 13.0. The molecule has 0 fully saturated rings. The Morgan fingerprint density at radius 1 is 1.39 bits per heavy atom. The number of fused-ring (bicyclic) bond motifs is 1. The van der Waals surface area contributed by atoms with Crippen molar-refractivity contribution in [3.8, 4) is 0 Å². The summed E-state index contributed by atoms with van der Waals surface area (Å²) >= 11 is 1.67. The van der Waals surface area contributed by atoms with Crippen molar-refractivity contribution in [1.29, 1.82) is 0 Å². The maximum Gasteiger partial charge on any atom is 0.307 e. The summed E-state index contributed by atoms with van der Waals surface area (Å²) in [6.45, 7) is 0.329. The van der Waals surface area contributed by atoms with E-state index in [1.165, 1.54) is 24.0 Å². The predicted molar refractivity (Wildman–Crippen MR) is 69.9 cm³/mol. The lowest BCUT2D eigenvalue weighted by molar-refractivity contribution is -0.140. The highest BCUT2D eigenvalue weighted by Crippen LogP contribution is 2.29. The van der Waals surface area contributed by atoms with E-state index in [1.54, 1.807) is 11.3 Å². The monoisotopic (exact) mass is 267 g/mol. The van der Waals surface area contributed by atoms with Gasteiger partial charge in [0, 0.05) is 16.8 Å². The molecular formula is C13H17NO3S. The number of amides is 1. The molecule has 1 amide bonds. The van der Waals surface area contributed by atoms with E-state index in [1.807, 2.05) is 5.38 Å². The fraction of sp³-hybridized carbons (Fsp3) is 0.538. The molecule has 18 heavy (non-hydrogen) atoms. The van der Waals surface area contributed by atoms with Gasteiger partial charge < -0.3 is 10.1 Å². The van der Waals surface area contributed by atoms with Crippen molar-refractivity contribution in [3.63, 3.8) is 0 Å². The van der Waals surface area contributed by atoms with Gasteiger partial charge in [0.15, 0.2) is 0 Å². The number of nitrogens with one attached hydrogen (secondary N) is 1. The van der Waals surface area contributed by atoms with Crippen LogP contribution in [0.3, 0.4) is 0 Å². The summed E-state index contributed by atoms with van der Waals surface area (Å²) in [7, 11) is 1.35. The lowest BCUT2D eigenvalue weighted by atomic mass is 9.96. The van der Waals surface area contributed by atoms with Crippen molar-refractivity contribution in [1.82, 2.24) is 5.32 Å². The van der Waals surface area contributed by atoms with E-state index in [9.17, 15) is 9.59 Å². The summed E-state index contributed by atoms with van der Waals surface area (Å²) in [6, 6.07) is 0. The molecule has 1 heterocycles. The fourth-order valence-corrected chi connectivity index (χ4v) is 3.29. The first-order valence-electron chi connectivity index (χ1n) is 6.16. The number of carbonyl (C=O) groups excluding carboxylic acids is 2. The molecule has 1 aromatic heterocycles. The third-order valence-electron chi connectivity index (χ3n) is 3.15. The number of hydrogen-bond donors (Lipinski definition) is 1. The molecule has 2 rings (SSSR count). The van der Waals surface area contributed by atoms with Crippen LogP contribution >= 0.6 is 11.3 Å². The number of hydrogen-bond acceptors (Lipinski definition) is 4. The minimum atomic E-state index is -0.303. The first-order chi connectivity index (χ1) is 8.72. The van der Waals surface area contributed by atoms with Crippen LogP contribution in [-0.4, -0.2) is 25.5 Å². The first-order valence-corrected chi connectivity index (χ1v) is 7.04. The number of methoxy groups -OCH3 is 1. The molecule has 1 aliphatic carbocycles. The molecule has 98 valence electrons. The van der Waals surface area contributed by atoms with Gasteiger partial charge in [-0.2, -0.15) is 0 Å². The molecule has 5 heteroatoms. The molecule has 0 atom stereocenters. The highest BCUT2D eigenvalue weighted by atomic mass is 32.1. The van der Waals surface area contributed by atoms with Gasteiger partial charge in [-0.05, 0) is 31.2 Å². The predicted octanol–water partition coefficient (Wildman–Crippen LogP) is 1.92. The first kappa shape index (κ1) is 13.1. The molecule has 0 spiro atoms. The Bertz CT molecular complexity index is 453. The number of carbonyl (C=O) groups is 2. The number of esters is 1. The van der Waals surface area contributed by atoms with Crippen LogP contribution in [0, 0.1) is 0 Å². The van der Waals surface area contributed by atoms with Gasteiger partial charge in [-0.1, -0.05) is 0 Å². The quantitative estimate of drug-likeness (QED) is 0.848. The number of ether oxygens (including phenoxy) is 1. The molecule has 0 saturated carbocycles. The van der Waals surface area contributed by atoms with Crippen LogP contribution in [0.25, 0.3) is 0 Å². The second-order valence-electron chi connectivity index (χ2n) is 4.34. The fourth-order valence-electron chi connectivity index (χ4n) is 2.16. The van der Waals surface area contributed by atoms with Gasteiger partial charge in [-0.3, -0.25) is 9.59 Å². The van der Waals surface area contributed by atoms with Gasteiger partial charge in [-0.25, -0.2) is 0 Å². The maximum atomic E-state index is 12.0. The standard InChI is InChI=1S/C13H17NO3S/c1-17-12(15)6-7-14-13(16)10-8-18-11-5-3-2-4-9(10)11/h8H,2-7H2,1H3,(H,14,16). The molecule has 0 aromatic carbocycles. The number of aryl methyl sites for hydroxylation is 1. The molecular weight excluding hydrogens is 250 g/mol. The van der Waals surface area contributed by atoms with Crippen LogP contribution < -0.4 is 5.32 Å². The van der Waals surface area contributed by atoms with E-state index in [0.29, 0.717) is 6.54 Å². The van der Waals surface area contributed by atoms with Crippen LogP contribution in [-0.2, 0) is 22.4 Å². The van der Waals surface area contributed by atoms with Crippen molar-refractivity contribution < 1.29 is 14.3 Å². The summed E-state index contributed by atoms with van der Waals surface area (Å²) in [4.78, 5) is 24.3. The topological polar surface area (TPSA) is 55.4 Å². The molecule has 0 saturated heterocycles. The van der Waals surface area contributed by atoms with E-state index in [4.69, 9.17) is 0 Å². The summed E-state index contributed by atoms with van der Waals surface area (Å²) < 4.78 is 4.53. The van der Waals surface area contributed by atoms with Gasteiger partial charge >= 0.3 is 5.97 Å². The van der Waals surface area contributed by atoms with Crippen LogP contribution in [0.4, 0.5) is 0 Å². The molecule has 1 aliphatic rings. The summed E-state index contributed by atoms with van der Waals surface area (Å²) in [5, 5.41) is 4.70.